The van der Waals surface area contributed by atoms with E-state index in [-0.39, 0.29) is 0 Å². The molecule has 0 radical (unpaired) electrons. The van der Waals surface area contributed by atoms with Crippen LogP contribution in [0.2, 0.25) is 0 Å². The molecule has 12 heavy (non-hydrogen) atoms. The Morgan fingerprint density at radius 1 is 1.67 bits per heavy atom. The van der Waals surface area contributed by atoms with E-state index in [1.165, 1.54) is 11.3 Å². The minimum atomic E-state index is 0.545. The Morgan fingerprint density at radius 2 is 2.33 bits per heavy atom. The van der Waals surface area contributed by atoms with E-state index >= 15 is 0 Å². The molecule has 1 atom stereocenters. The molecule has 1 saturated heterocycles. The molecule has 0 aromatic heterocycles. The molecular weight excluding hydrogens is 148 g/mol. The number of likely N-dealkylation sites (N-methyl/N-ethyl adjacent to an activating group) is 1. The SMILES string of the molecule is CC/C=C1\C(=NC)CN(C)C1C. The first-order valence-electron chi connectivity index (χ1n) is 4.57. The van der Waals surface area contributed by atoms with Crippen molar-refractivity contribution in [1.82, 2.24) is 4.90 Å². The fraction of sp³-hybridized carbons (Fsp3) is 0.700. The normalized spacial score (nSPS) is 32.2. The molecular formula is C10H18N2. The lowest BCUT2D eigenvalue weighted by Crippen LogP contribution is -2.22. The molecule has 0 aliphatic carbocycles. The van der Waals surface area contributed by atoms with Crippen LogP contribution in [0.25, 0.3) is 0 Å². The van der Waals surface area contributed by atoms with Crippen LogP contribution < -0.4 is 0 Å². The Kier molecular flexibility index (Phi) is 3.04. The van der Waals surface area contributed by atoms with Crippen molar-refractivity contribution in [3.8, 4) is 0 Å². The quantitative estimate of drug-likeness (QED) is 0.579. The zero-order valence-electron chi connectivity index (χ0n) is 8.46. The third kappa shape index (κ3) is 1.58. The van der Waals surface area contributed by atoms with Gasteiger partial charge in [0, 0.05) is 19.6 Å². The van der Waals surface area contributed by atoms with Crippen LogP contribution in [0.1, 0.15) is 20.3 Å². The molecule has 0 bridgehead atoms. The molecule has 0 spiro atoms. The van der Waals surface area contributed by atoms with E-state index in [0.29, 0.717) is 6.04 Å². The average Bonchev–Trinajstić information content (AvgIpc) is 2.33. The minimum absolute atomic E-state index is 0.545. The second kappa shape index (κ2) is 3.85. The largest absolute Gasteiger partial charge is 0.294 e. The smallest absolute Gasteiger partial charge is 0.0529 e. The number of hydrogen-bond donors (Lipinski definition) is 0. The fourth-order valence-electron chi connectivity index (χ4n) is 1.65. The monoisotopic (exact) mass is 166 g/mol. The third-order valence-electron chi connectivity index (χ3n) is 2.54. The van der Waals surface area contributed by atoms with E-state index in [9.17, 15) is 0 Å². The predicted molar refractivity (Wildman–Crippen MR) is 53.8 cm³/mol. The van der Waals surface area contributed by atoms with Gasteiger partial charge in [0.25, 0.3) is 0 Å². The summed E-state index contributed by atoms with van der Waals surface area (Å²) in [6, 6.07) is 0.545. The molecule has 0 amide bonds. The van der Waals surface area contributed by atoms with Crippen LogP contribution in [0.5, 0.6) is 0 Å². The second-order valence-corrected chi connectivity index (χ2v) is 3.33. The Morgan fingerprint density at radius 3 is 2.83 bits per heavy atom. The molecule has 0 aromatic carbocycles. The molecule has 1 aliphatic rings. The first kappa shape index (κ1) is 9.46. The highest BCUT2D eigenvalue weighted by atomic mass is 15.2. The van der Waals surface area contributed by atoms with Crippen molar-refractivity contribution in [2.24, 2.45) is 4.99 Å². The van der Waals surface area contributed by atoms with Gasteiger partial charge in [0.15, 0.2) is 0 Å². The average molecular weight is 166 g/mol. The third-order valence-corrected chi connectivity index (χ3v) is 2.54. The van der Waals surface area contributed by atoms with Crippen LogP contribution in [0.3, 0.4) is 0 Å². The van der Waals surface area contributed by atoms with E-state index in [0.717, 1.165) is 13.0 Å². The van der Waals surface area contributed by atoms with Crippen molar-refractivity contribution >= 4 is 5.71 Å². The summed E-state index contributed by atoms with van der Waals surface area (Å²) in [4.78, 5) is 6.62. The summed E-state index contributed by atoms with van der Waals surface area (Å²) in [5.74, 6) is 0. The van der Waals surface area contributed by atoms with Crippen molar-refractivity contribution in [1.29, 1.82) is 0 Å². The van der Waals surface area contributed by atoms with Gasteiger partial charge in [-0.1, -0.05) is 13.0 Å². The van der Waals surface area contributed by atoms with E-state index in [2.05, 4.69) is 36.9 Å². The Balaban J connectivity index is 2.88. The summed E-state index contributed by atoms with van der Waals surface area (Å²) in [5, 5.41) is 0. The lowest BCUT2D eigenvalue weighted by atomic mass is 10.1. The molecule has 68 valence electrons. The number of likely N-dealkylation sites (tertiary alicyclic amines) is 1. The summed E-state index contributed by atoms with van der Waals surface area (Å²) >= 11 is 0. The number of nitrogens with zero attached hydrogens (tertiary/aromatic N) is 2. The van der Waals surface area contributed by atoms with Crippen LogP contribution in [-0.4, -0.2) is 37.3 Å². The van der Waals surface area contributed by atoms with E-state index in [4.69, 9.17) is 0 Å². The summed E-state index contributed by atoms with van der Waals surface area (Å²) in [5.41, 5.74) is 2.68. The van der Waals surface area contributed by atoms with Crippen molar-refractivity contribution in [3.05, 3.63) is 11.6 Å². The summed E-state index contributed by atoms with van der Waals surface area (Å²) in [7, 11) is 4.02. The molecule has 0 aromatic rings. The molecule has 2 heteroatoms. The van der Waals surface area contributed by atoms with Gasteiger partial charge < -0.3 is 0 Å². The first-order valence-corrected chi connectivity index (χ1v) is 4.57. The van der Waals surface area contributed by atoms with Crippen molar-refractivity contribution in [2.75, 3.05) is 20.6 Å². The van der Waals surface area contributed by atoms with Gasteiger partial charge in [-0.15, -0.1) is 0 Å². The van der Waals surface area contributed by atoms with E-state index < -0.39 is 0 Å². The van der Waals surface area contributed by atoms with Gasteiger partial charge in [-0.05, 0) is 26.0 Å². The van der Waals surface area contributed by atoms with E-state index in [1.807, 2.05) is 7.05 Å². The molecule has 0 N–H and O–H groups in total. The molecule has 2 nitrogen and oxygen atoms in total. The Labute approximate surface area is 75.0 Å². The topological polar surface area (TPSA) is 15.6 Å². The van der Waals surface area contributed by atoms with Crippen LogP contribution in [0, 0.1) is 0 Å². The first-order chi connectivity index (χ1) is 5.70. The summed E-state index contributed by atoms with van der Waals surface area (Å²) in [6.45, 7) is 5.41. The van der Waals surface area contributed by atoms with Crippen molar-refractivity contribution in [2.45, 2.75) is 26.3 Å². The zero-order chi connectivity index (χ0) is 9.14. The van der Waals surface area contributed by atoms with Crippen LogP contribution in [0.15, 0.2) is 16.6 Å². The zero-order valence-corrected chi connectivity index (χ0v) is 8.46. The lowest BCUT2D eigenvalue weighted by Gasteiger charge is -2.13. The Hall–Kier alpha value is -0.630. The second-order valence-electron chi connectivity index (χ2n) is 3.33. The van der Waals surface area contributed by atoms with Crippen molar-refractivity contribution in [3.63, 3.8) is 0 Å². The maximum atomic E-state index is 4.30. The fourth-order valence-corrected chi connectivity index (χ4v) is 1.65. The van der Waals surface area contributed by atoms with Crippen LogP contribution >= 0.6 is 0 Å². The van der Waals surface area contributed by atoms with Gasteiger partial charge in [0.05, 0.1) is 5.71 Å². The van der Waals surface area contributed by atoms with Gasteiger partial charge in [0.2, 0.25) is 0 Å². The van der Waals surface area contributed by atoms with Gasteiger partial charge in [-0.2, -0.15) is 0 Å². The molecule has 0 saturated carbocycles. The highest BCUT2D eigenvalue weighted by Crippen LogP contribution is 2.19. The lowest BCUT2D eigenvalue weighted by molar-refractivity contribution is 0.357. The standard InChI is InChI=1S/C10H18N2/c1-5-6-9-8(2)12(4)7-10(9)11-3/h6,8H,5,7H2,1-4H3/b9-6-,11-10?. The van der Waals surface area contributed by atoms with Gasteiger partial charge in [0.1, 0.15) is 0 Å². The maximum Gasteiger partial charge on any atom is 0.0529 e. The summed E-state index contributed by atoms with van der Waals surface area (Å²) in [6.07, 6.45) is 3.39. The molecule has 1 aliphatic heterocycles. The van der Waals surface area contributed by atoms with Gasteiger partial charge in [-0.25, -0.2) is 0 Å². The Bertz CT molecular complexity index is 216. The minimum Gasteiger partial charge on any atom is -0.294 e. The molecule has 1 heterocycles. The molecule has 1 unspecified atom stereocenters. The highest BCUT2D eigenvalue weighted by Gasteiger charge is 2.26. The van der Waals surface area contributed by atoms with E-state index in [1.54, 1.807) is 0 Å². The van der Waals surface area contributed by atoms with Crippen molar-refractivity contribution < 1.29 is 0 Å². The van der Waals surface area contributed by atoms with Crippen LogP contribution in [0.4, 0.5) is 0 Å². The van der Waals surface area contributed by atoms with Crippen LogP contribution in [-0.2, 0) is 0 Å². The van der Waals surface area contributed by atoms with Gasteiger partial charge in [-0.3, -0.25) is 9.89 Å². The number of aliphatic imine (C=N–C) groups is 1. The number of rotatable bonds is 1. The number of allylic oxidation sites excluding steroid dienone is 1. The molecule has 1 fully saturated rings. The summed E-state index contributed by atoms with van der Waals surface area (Å²) < 4.78 is 0. The maximum absolute atomic E-state index is 4.30. The number of hydrogen-bond acceptors (Lipinski definition) is 2. The predicted octanol–water partition coefficient (Wildman–Crippen LogP) is 1.73. The highest BCUT2D eigenvalue weighted by molar-refractivity contribution is 6.04. The molecule has 1 rings (SSSR count). The van der Waals surface area contributed by atoms with Gasteiger partial charge >= 0.3 is 0 Å².